The molecule has 9 heteroatoms. The van der Waals surface area contributed by atoms with Crippen molar-refractivity contribution in [3.63, 3.8) is 0 Å². The summed E-state index contributed by atoms with van der Waals surface area (Å²) in [6.07, 6.45) is 5.03. The van der Waals surface area contributed by atoms with Gasteiger partial charge in [0, 0.05) is 32.1 Å². The predicted octanol–water partition coefficient (Wildman–Crippen LogP) is 3.93. The number of fused-ring (bicyclic) bond motifs is 1. The Balaban J connectivity index is 1.43. The fourth-order valence-corrected chi connectivity index (χ4v) is 4.76. The van der Waals surface area contributed by atoms with Crippen LogP contribution in [0.4, 0.5) is 10.1 Å². The van der Waals surface area contributed by atoms with Gasteiger partial charge < -0.3 is 30.7 Å². The third kappa shape index (κ3) is 9.21. The van der Waals surface area contributed by atoms with Crippen LogP contribution in [0.25, 0.3) is 0 Å². The molecule has 2 aromatic carbocycles. The summed E-state index contributed by atoms with van der Waals surface area (Å²) in [5.74, 6) is 0.177. The maximum absolute atomic E-state index is 13.5. The van der Waals surface area contributed by atoms with Crippen molar-refractivity contribution in [3.8, 4) is 11.5 Å². The number of phenols is 1. The van der Waals surface area contributed by atoms with Gasteiger partial charge in [-0.1, -0.05) is 38.0 Å². The van der Waals surface area contributed by atoms with Crippen molar-refractivity contribution in [1.82, 2.24) is 15.5 Å². The maximum Gasteiger partial charge on any atom is 0.262 e. The number of aryl methyl sites for hydroxylation is 1. The second kappa shape index (κ2) is 15.4. The molecule has 1 aliphatic rings. The van der Waals surface area contributed by atoms with Crippen molar-refractivity contribution < 1.29 is 23.8 Å². The van der Waals surface area contributed by atoms with E-state index in [2.05, 4.69) is 29.8 Å². The summed E-state index contributed by atoms with van der Waals surface area (Å²) in [5, 5.41) is 19.5. The number of amides is 2. The van der Waals surface area contributed by atoms with Crippen LogP contribution in [0, 0.1) is 12.7 Å². The van der Waals surface area contributed by atoms with Crippen LogP contribution in [0.2, 0.25) is 0 Å². The molecule has 0 bridgehead atoms. The molecular weight excluding hydrogens is 499 g/mol. The lowest BCUT2D eigenvalue weighted by molar-refractivity contribution is -0.133. The quantitative estimate of drug-likeness (QED) is 0.189. The first-order valence-corrected chi connectivity index (χ1v) is 14.0. The lowest BCUT2D eigenvalue weighted by Crippen LogP contribution is -2.43. The summed E-state index contributed by atoms with van der Waals surface area (Å²) in [6.45, 7) is 9.27. The smallest absolute Gasteiger partial charge is 0.262 e. The minimum atomic E-state index is -0.284. The molecular formula is C30H43FN4O4. The highest BCUT2D eigenvalue weighted by molar-refractivity contribution is 5.97. The molecule has 4 N–H and O–H groups in total. The van der Waals surface area contributed by atoms with Crippen LogP contribution in [0.3, 0.4) is 0 Å². The van der Waals surface area contributed by atoms with E-state index in [0.717, 1.165) is 43.4 Å². The normalized spacial score (nSPS) is 13.4. The molecule has 0 unspecified atom stereocenters. The highest BCUT2D eigenvalue weighted by atomic mass is 19.1. The van der Waals surface area contributed by atoms with E-state index in [0.29, 0.717) is 56.0 Å². The van der Waals surface area contributed by atoms with Gasteiger partial charge in [-0.3, -0.25) is 9.59 Å². The monoisotopic (exact) mass is 542 g/mol. The van der Waals surface area contributed by atoms with Gasteiger partial charge in [-0.15, -0.1) is 0 Å². The van der Waals surface area contributed by atoms with Crippen molar-refractivity contribution >= 4 is 17.5 Å². The molecule has 2 amide bonds. The molecule has 0 saturated carbocycles. The number of carbonyl (C=O) groups excluding carboxylic acids is 2. The van der Waals surface area contributed by atoms with E-state index < -0.39 is 0 Å². The number of carbonyl (C=O) groups is 2. The molecule has 39 heavy (non-hydrogen) atoms. The molecule has 2 aromatic rings. The van der Waals surface area contributed by atoms with Gasteiger partial charge in [0.1, 0.15) is 17.3 Å². The lowest BCUT2D eigenvalue weighted by Gasteiger charge is -2.30. The minimum Gasteiger partial charge on any atom is -0.506 e. The van der Waals surface area contributed by atoms with Gasteiger partial charge in [0.05, 0.1) is 0 Å². The Bertz CT molecular complexity index is 1110. The zero-order chi connectivity index (χ0) is 28.2. The van der Waals surface area contributed by atoms with Gasteiger partial charge in [-0.25, -0.2) is 4.39 Å². The molecule has 3 rings (SSSR count). The molecule has 1 atom stereocenters. The number of benzene rings is 2. The molecule has 0 aromatic heterocycles. The van der Waals surface area contributed by atoms with Crippen molar-refractivity contribution in [2.75, 3.05) is 44.6 Å². The number of unbranched alkanes of at least 4 members (excludes halogenated alkanes) is 1. The summed E-state index contributed by atoms with van der Waals surface area (Å²) in [4.78, 5) is 26.7. The minimum absolute atomic E-state index is 0.00924. The summed E-state index contributed by atoms with van der Waals surface area (Å²) in [7, 11) is 0. The van der Waals surface area contributed by atoms with Crippen LogP contribution >= 0.6 is 0 Å². The molecule has 0 saturated heterocycles. The second-order valence-corrected chi connectivity index (χ2v) is 10.2. The Morgan fingerprint density at radius 3 is 2.69 bits per heavy atom. The Kier molecular flexibility index (Phi) is 12.0. The molecule has 0 aliphatic carbocycles. The first-order chi connectivity index (χ1) is 18.8. The number of hydrogen-bond donors (Lipinski definition) is 4. The largest absolute Gasteiger partial charge is 0.506 e. The highest BCUT2D eigenvalue weighted by Crippen LogP contribution is 2.39. The van der Waals surface area contributed by atoms with Crippen LogP contribution in [0.15, 0.2) is 30.3 Å². The Morgan fingerprint density at radius 2 is 1.92 bits per heavy atom. The topological polar surface area (TPSA) is 103 Å². The zero-order valence-electron chi connectivity index (χ0n) is 23.4. The van der Waals surface area contributed by atoms with Crippen LogP contribution < -0.4 is 20.7 Å². The predicted molar refractivity (Wildman–Crippen MR) is 152 cm³/mol. The van der Waals surface area contributed by atoms with E-state index >= 15 is 0 Å². The summed E-state index contributed by atoms with van der Waals surface area (Å²) < 4.78 is 19.0. The van der Waals surface area contributed by atoms with E-state index in [1.54, 1.807) is 25.1 Å². The Labute approximate surface area is 231 Å². The standard InChI is InChI=1S/C30H43FN4O4/c1-4-5-6-22(3)35(28(38)13-16-32-14-11-23-7-9-25(31)21(2)19-23)18-17-33-15-12-24-8-10-26(36)29-30(24)39-20-27(37)34-29/h7-10,19,22,32-33,36H,4-6,11-18,20H2,1-3H3,(H,34,37)/t22-/m1/s1. The van der Waals surface area contributed by atoms with Crippen molar-refractivity contribution in [1.29, 1.82) is 0 Å². The number of hydrogen-bond acceptors (Lipinski definition) is 6. The van der Waals surface area contributed by atoms with Crippen LogP contribution in [-0.2, 0) is 22.4 Å². The first kappa shape index (κ1) is 30.4. The Hall–Kier alpha value is -3.17. The SMILES string of the molecule is CCCC[C@@H](C)N(CCNCCc1ccc(O)c2c1OCC(=O)N2)C(=O)CCNCCc1ccc(F)c(C)c1. The van der Waals surface area contributed by atoms with Crippen LogP contribution in [0.1, 0.15) is 56.2 Å². The maximum atomic E-state index is 13.5. The number of ether oxygens (including phenoxy) is 1. The average Bonchev–Trinajstić information content (AvgIpc) is 2.92. The molecule has 214 valence electrons. The highest BCUT2D eigenvalue weighted by Gasteiger charge is 2.22. The fraction of sp³-hybridized carbons (Fsp3) is 0.533. The van der Waals surface area contributed by atoms with Gasteiger partial charge >= 0.3 is 0 Å². The number of aromatic hydroxyl groups is 1. The van der Waals surface area contributed by atoms with Crippen molar-refractivity contribution in [3.05, 3.63) is 52.8 Å². The molecule has 1 heterocycles. The molecule has 0 radical (unpaired) electrons. The lowest BCUT2D eigenvalue weighted by atomic mass is 10.1. The van der Waals surface area contributed by atoms with Gasteiger partial charge in [0.15, 0.2) is 12.4 Å². The van der Waals surface area contributed by atoms with E-state index in [9.17, 15) is 19.1 Å². The number of halogens is 1. The van der Waals surface area contributed by atoms with E-state index in [1.165, 1.54) is 6.07 Å². The molecule has 8 nitrogen and oxygen atoms in total. The molecule has 1 aliphatic heterocycles. The second-order valence-electron chi connectivity index (χ2n) is 10.2. The first-order valence-electron chi connectivity index (χ1n) is 14.0. The van der Waals surface area contributed by atoms with Gasteiger partial charge in [-0.2, -0.15) is 0 Å². The van der Waals surface area contributed by atoms with Gasteiger partial charge in [0.25, 0.3) is 5.91 Å². The van der Waals surface area contributed by atoms with E-state index in [4.69, 9.17) is 4.74 Å². The van der Waals surface area contributed by atoms with Crippen molar-refractivity contribution in [2.24, 2.45) is 0 Å². The van der Waals surface area contributed by atoms with Crippen molar-refractivity contribution in [2.45, 2.75) is 65.3 Å². The number of anilines is 1. The van der Waals surface area contributed by atoms with Crippen LogP contribution in [-0.4, -0.2) is 67.2 Å². The third-order valence-electron chi connectivity index (χ3n) is 7.09. The van der Waals surface area contributed by atoms with Gasteiger partial charge in [0.2, 0.25) is 5.91 Å². The zero-order valence-corrected chi connectivity index (χ0v) is 23.4. The molecule has 0 spiro atoms. The number of phenolic OH excluding ortho intramolecular Hbond substituents is 1. The Morgan fingerprint density at radius 1 is 1.15 bits per heavy atom. The van der Waals surface area contributed by atoms with E-state index in [1.807, 2.05) is 11.0 Å². The summed E-state index contributed by atoms with van der Waals surface area (Å²) >= 11 is 0. The number of nitrogens with one attached hydrogen (secondary N) is 3. The van der Waals surface area contributed by atoms with E-state index in [-0.39, 0.29) is 36.0 Å². The average molecular weight is 543 g/mol. The van der Waals surface area contributed by atoms with Crippen LogP contribution in [0.5, 0.6) is 11.5 Å². The van der Waals surface area contributed by atoms with Gasteiger partial charge in [-0.05, 0) is 75.0 Å². The third-order valence-corrected chi connectivity index (χ3v) is 7.09. The number of rotatable bonds is 16. The summed E-state index contributed by atoms with van der Waals surface area (Å²) in [6, 6.07) is 8.72. The fourth-order valence-electron chi connectivity index (χ4n) is 4.76. The summed E-state index contributed by atoms with van der Waals surface area (Å²) in [5.41, 5.74) is 2.96. The molecule has 0 fully saturated rings. The number of nitrogens with zero attached hydrogens (tertiary/aromatic N) is 1.